The van der Waals surface area contributed by atoms with E-state index in [0.717, 1.165) is 31.0 Å². The predicted molar refractivity (Wildman–Crippen MR) is 66.5 cm³/mol. The molecule has 0 bridgehead atoms. The Morgan fingerprint density at radius 3 is 3.06 bits per heavy atom. The van der Waals surface area contributed by atoms with Gasteiger partial charge in [-0.2, -0.15) is 0 Å². The molecule has 90 valence electrons. The van der Waals surface area contributed by atoms with Gasteiger partial charge in [0.25, 0.3) is 0 Å². The van der Waals surface area contributed by atoms with E-state index in [9.17, 15) is 4.39 Å². The first-order chi connectivity index (χ1) is 8.29. The van der Waals surface area contributed by atoms with Gasteiger partial charge in [0.15, 0.2) is 0 Å². The first-order valence-electron chi connectivity index (χ1n) is 5.79. The zero-order chi connectivity index (χ0) is 12.1. The number of anilines is 1. The maximum absolute atomic E-state index is 13.0. The summed E-state index contributed by atoms with van der Waals surface area (Å²) in [5.74, 6) is 0.684. The normalized spacial score (nSPS) is 10.5. The van der Waals surface area contributed by atoms with Crippen molar-refractivity contribution in [3.05, 3.63) is 48.0 Å². The van der Waals surface area contributed by atoms with Crippen LogP contribution in [0.15, 0.2) is 36.7 Å². The lowest BCUT2D eigenvalue weighted by molar-refractivity contribution is 0.622. The van der Waals surface area contributed by atoms with Gasteiger partial charge in [-0.25, -0.2) is 9.37 Å². The summed E-state index contributed by atoms with van der Waals surface area (Å²) < 4.78 is 15.0. The number of imidazole rings is 1. The molecule has 0 aliphatic carbocycles. The Balaban J connectivity index is 1.99. The molecule has 0 unspecified atom stereocenters. The summed E-state index contributed by atoms with van der Waals surface area (Å²) >= 11 is 0. The van der Waals surface area contributed by atoms with Crippen LogP contribution in [-0.4, -0.2) is 16.1 Å². The molecule has 1 aromatic carbocycles. The maximum atomic E-state index is 13.0. The maximum Gasteiger partial charge on any atom is 0.202 e. The van der Waals surface area contributed by atoms with Gasteiger partial charge in [0.05, 0.1) is 0 Å². The Hall–Kier alpha value is -1.84. The summed E-state index contributed by atoms with van der Waals surface area (Å²) in [6.07, 6.45) is 4.49. The zero-order valence-electron chi connectivity index (χ0n) is 9.86. The fourth-order valence-corrected chi connectivity index (χ4v) is 1.76. The van der Waals surface area contributed by atoms with Gasteiger partial charge in [0.1, 0.15) is 5.82 Å². The molecule has 2 aromatic rings. The lowest BCUT2D eigenvalue weighted by atomic mass is 10.1. The van der Waals surface area contributed by atoms with Crippen molar-refractivity contribution in [1.29, 1.82) is 0 Å². The van der Waals surface area contributed by atoms with Crippen molar-refractivity contribution < 1.29 is 4.39 Å². The number of benzene rings is 1. The highest BCUT2D eigenvalue weighted by atomic mass is 19.1. The third kappa shape index (κ3) is 3.06. The lowest BCUT2D eigenvalue weighted by Crippen LogP contribution is -2.08. The van der Waals surface area contributed by atoms with Gasteiger partial charge in [0, 0.05) is 25.5 Å². The molecule has 0 atom stereocenters. The number of aromatic nitrogens is 2. The Bertz CT molecular complexity index is 479. The van der Waals surface area contributed by atoms with E-state index in [4.69, 9.17) is 0 Å². The summed E-state index contributed by atoms with van der Waals surface area (Å²) in [4.78, 5) is 4.21. The number of nitrogens with one attached hydrogen (secondary N) is 1. The van der Waals surface area contributed by atoms with Crippen LogP contribution >= 0.6 is 0 Å². The fraction of sp³-hybridized carbons (Fsp3) is 0.308. The topological polar surface area (TPSA) is 29.9 Å². The summed E-state index contributed by atoms with van der Waals surface area (Å²) in [5.41, 5.74) is 1.00. The largest absolute Gasteiger partial charge is 0.356 e. The van der Waals surface area contributed by atoms with Gasteiger partial charge < -0.3 is 9.88 Å². The molecule has 0 radical (unpaired) electrons. The number of nitrogens with zero attached hydrogens (tertiary/aromatic N) is 2. The van der Waals surface area contributed by atoms with E-state index in [2.05, 4.69) is 10.3 Å². The number of aryl methyl sites for hydroxylation is 2. The third-order valence-electron chi connectivity index (χ3n) is 2.58. The second-order valence-corrected chi connectivity index (χ2v) is 3.85. The number of hydrogen-bond donors (Lipinski definition) is 1. The van der Waals surface area contributed by atoms with Gasteiger partial charge in [-0.1, -0.05) is 12.1 Å². The fourth-order valence-electron chi connectivity index (χ4n) is 1.76. The SMILES string of the molecule is CCNc1nccn1CCc1cccc(F)c1. The standard InChI is InChI=1S/C13H16FN3/c1-2-15-13-16-7-9-17(13)8-6-11-4-3-5-12(14)10-11/h3-5,7,9-10H,2,6,8H2,1H3,(H,15,16). The molecular formula is C13H16FN3. The van der Waals surface area contributed by atoms with Crippen molar-refractivity contribution in [3.8, 4) is 0 Å². The van der Waals surface area contributed by atoms with E-state index in [1.165, 1.54) is 6.07 Å². The van der Waals surface area contributed by atoms with E-state index < -0.39 is 0 Å². The molecule has 0 saturated carbocycles. The molecule has 1 N–H and O–H groups in total. The van der Waals surface area contributed by atoms with Crippen molar-refractivity contribution in [2.45, 2.75) is 19.9 Å². The van der Waals surface area contributed by atoms with Gasteiger partial charge >= 0.3 is 0 Å². The first kappa shape index (κ1) is 11.6. The highest BCUT2D eigenvalue weighted by Crippen LogP contribution is 2.09. The molecule has 0 aliphatic rings. The van der Waals surface area contributed by atoms with Crippen LogP contribution in [0.1, 0.15) is 12.5 Å². The summed E-state index contributed by atoms with van der Waals surface area (Å²) in [6, 6.07) is 6.71. The molecular weight excluding hydrogens is 217 g/mol. The lowest BCUT2D eigenvalue weighted by Gasteiger charge is -2.08. The molecule has 0 amide bonds. The highest BCUT2D eigenvalue weighted by Gasteiger charge is 2.01. The molecule has 2 rings (SSSR count). The van der Waals surface area contributed by atoms with E-state index in [0.29, 0.717) is 0 Å². The molecule has 1 aromatic heterocycles. The van der Waals surface area contributed by atoms with Crippen LogP contribution in [0.3, 0.4) is 0 Å². The molecule has 0 saturated heterocycles. The van der Waals surface area contributed by atoms with Crippen LogP contribution in [0, 0.1) is 5.82 Å². The Labute approximate surface area is 100 Å². The minimum absolute atomic E-state index is 0.181. The van der Waals surface area contributed by atoms with Crippen molar-refractivity contribution >= 4 is 5.95 Å². The molecule has 17 heavy (non-hydrogen) atoms. The Morgan fingerprint density at radius 1 is 1.41 bits per heavy atom. The summed E-state index contributed by atoms with van der Waals surface area (Å²) in [7, 11) is 0. The summed E-state index contributed by atoms with van der Waals surface area (Å²) in [6.45, 7) is 3.67. The van der Waals surface area contributed by atoms with E-state index in [-0.39, 0.29) is 5.82 Å². The summed E-state index contributed by atoms with van der Waals surface area (Å²) in [5, 5.41) is 3.18. The minimum atomic E-state index is -0.181. The monoisotopic (exact) mass is 233 g/mol. The first-order valence-corrected chi connectivity index (χ1v) is 5.79. The van der Waals surface area contributed by atoms with Crippen LogP contribution in [0.25, 0.3) is 0 Å². The quantitative estimate of drug-likeness (QED) is 0.860. The van der Waals surface area contributed by atoms with Crippen molar-refractivity contribution in [2.24, 2.45) is 0 Å². The molecule has 4 heteroatoms. The van der Waals surface area contributed by atoms with E-state index >= 15 is 0 Å². The Kier molecular flexibility index (Phi) is 3.75. The van der Waals surface area contributed by atoms with Crippen molar-refractivity contribution in [1.82, 2.24) is 9.55 Å². The van der Waals surface area contributed by atoms with E-state index in [1.807, 2.05) is 23.8 Å². The smallest absolute Gasteiger partial charge is 0.202 e. The Morgan fingerprint density at radius 2 is 2.29 bits per heavy atom. The molecule has 1 heterocycles. The van der Waals surface area contributed by atoms with Crippen LogP contribution < -0.4 is 5.32 Å². The number of hydrogen-bond acceptors (Lipinski definition) is 2. The van der Waals surface area contributed by atoms with Crippen LogP contribution in [0.2, 0.25) is 0 Å². The van der Waals surface area contributed by atoms with Crippen LogP contribution in [-0.2, 0) is 13.0 Å². The molecule has 3 nitrogen and oxygen atoms in total. The number of halogens is 1. The molecule has 0 fully saturated rings. The predicted octanol–water partition coefficient (Wildman–Crippen LogP) is 2.70. The number of rotatable bonds is 5. The zero-order valence-corrected chi connectivity index (χ0v) is 9.86. The van der Waals surface area contributed by atoms with Gasteiger partial charge in [-0.05, 0) is 31.0 Å². The van der Waals surface area contributed by atoms with E-state index in [1.54, 1.807) is 18.3 Å². The van der Waals surface area contributed by atoms with Gasteiger partial charge in [-0.15, -0.1) is 0 Å². The second kappa shape index (κ2) is 5.48. The van der Waals surface area contributed by atoms with Gasteiger partial charge in [-0.3, -0.25) is 0 Å². The van der Waals surface area contributed by atoms with Crippen molar-refractivity contribution in [2.75, 3.05) is 11.9 Å². The van der Waals surface area contributed by atoms with Gasteiger partial charge in [0.2, 0.25) is 5.95 Å². The minimum Gasteiger partial charge on any atom is -0.356 e. The van der Waals surface area contributed by atoms with Crippen LogP contribution in [0.5, 0.6) is 0 Å². The van der Waals surface area contributed by atoms with Crippen LogP contribution in [0.4, 0.5) is 10.3 Å². The third-order valence-corrected chi connectivity index (χ3v) is 2.58. The molecule has 0 spiro atoms. The average Bonchev–Trinajstić information content (AvgIpc) is 2.75. The van der Waals surface area contributed by atoms with Crippen molar-refractivity contribution in [3.63, 3.8) is 0 Å². The highest BCUT2D eigenvalue weighted by molar-refractivity contribution is 5.25. The average molecular weight is 233 g/mol. The second-order valence-electron chi connectivity index (χ2n) is 3.85. The molecule has 0 aliphatic heterocycles.